The van der Waals surface area contributed by atoms with E-state index in [0.717, 1.165) is 12.8 Å². The minimum atomic E-state index is -0.344. The van der Waals surface area contributed by atoms with Gasteiger partial charge < -0.3 is 8.85 Å². The van der Waals surface area contributed by atoms with Gasteiger partial charge in [0.25, 0.3) is 0 Å². The molecule has 0 spiro atoms. The molecule has 92 valence electrons. The minimum Gasteiger partial charge on any atom is -0.419 e. The maximum Gasteiger partial charge on any atom is 0.161 e. The summed E-state index contributed by atoms with van der Waals surface area (Å²) in [6, 6.07) is 0. The molecular formula is C11H28O2Si2. The Bertz CT molecular complexity index is 152. The van der Waals surface area contributed by atoms with Gasteiger partial charge in [-0.3, -0.25) is 0 Å². The van der Waals surface area contributed by atoms with Crippen molar-refractivity contribution in [3.8, 4) is 0 Å². The van der Waals surface area contributed by atoms with Crippen molar-refractivity contribution in [2.75, 3.05) is 0 Å². The van der Waals surface area contributed by atoms with Crippen molar-refractivity contribution in [2.45, 2.75) is 71.3 Å². The summed E-state index contributed by atoms with van der Waals surface area (Å²) in [6.45, 7) is 13.1. The summed E-state index contributed by atoms with van der Waals surface area (Å²) < 4.78 is 11.8. The monoisotopic (exact) mass is 248 g/mol. The Morgan fingerprint density at radius 1 is 0.800 bits per heavy atom. The van der Waals surface area contributed by atoms with Crippen molar-refractivity contribution >= 4 is 19.5 Å². The van der Waals surface area contributed by atoms with Gasteiger partial charge in [-0.05, 0) is 46.2 Å². The lowest BCUT2D eigenvalue weighted by Gasteiger charge is -2.26. The fraction of sp³-hybridized carbons (Fsp3) is 1.00. The Labute approximate surface area is 100 Å². The Morgan fingerprint density at radius 2 is 1.13 bits per heavy atom. The predicted molar refractivity (Wildman–Crippen MR) is 72.8 cm³/mol. The average molecular weight is 249 g/mol. The first-order valence-electron chi connectivity index (χ1n) is 6.11. The third-order valence-corrected chi connectivity index (χ3v) is 7.26. The van der Waals surface area contributed by atoms with E-state index in [-0.39, 0.29) is 30.7 Å². The second kappa shape index (κ2) is 6.83. The van der Waals surface area contributed by atoms with Crippen LogP contribution in [0.2, 0.25) is 5.67 Å². The molecule has 0 aliphatic rings. The van der Waals surface area contributed by atoms with E-state index in [4.69, 9.17) is 8.85 Å². The first-order valence-corrected chi connectivity index (χ1v) is 9.26. The molecule has 0 fully saturated rings. The Hall–Kier alpha value is 0.354. The molecule has 0 aromatic heterocycles. The maximum absolute atomic E-state index is 5.92. The molecule has 15 heavy (non-hydrogen) atoms. The van der Waals surface area contributed by atoms with E-state index in [9.17, 15) is 0 Å². The fourth-order valence-electron chi connectivity index (χ4n) is 0.960. The van der Waals surface area contributed by atoms with Crippen LogP contribution in [0.5, 0.6) is 0 Å². The molecule has 0 aliphatic heterocycles. The molecule has 2 nitrogen and oxygen atoms in total. The summed E-state index contributed by atoms with van der Waals surface area (Å²) in [4.78, 5) is 0. The predicted octanol–water partition coefficient (Wildman–Crippen LogP) is 1.94. The van der Waals surface area contributed by atoms with Crippen LogP contribution in [0.1, 0.15) is 54.4 Å². The number of hydrogen-bond donors (Lipinski definition) is 0. The lowest BCUT2D eigenvalue weighted by atomic mass is 10.1. The second-order valence-electron chi connectivity index (χ2n) is 5.28. The van der Waals surface area contributed by atoms with Crippen molar-refractivity contribution < 1.29 is 8.85 Å². The van der Waals surface area contributed by atoms with Crippen molar-refractivity contribution in [1.82, 2.24) is 0 Å². The highest BCUT2D eigenvalue weighted by Crippen LogP contribution is 2.14. The van der Waals surface area contributed by atoms with Crippen LogP contribution in [-0.2, 0) is 8.85 Å². The highest BCUT2D eigenvalue weighted by Gasteiger charge is 2.16. The van der Waals surface area contributed by atoms with Gasteiger partial charge in [-0.15, -0.1) is 0 Å². The van der Waals surface area contributed by atoms with Gasteiger partial charge in [0.15, 0.2) is 19.5 Å². The SMILES string of the molecule is CCC(C)(C)O[SiH2]C[SiH2]OC(C)(C)CC. The van der Waals surface area contributed by atoms with E-state index in [1.165, 1.54) is 5.67 Å². The van der Waals surface area contributed by atoms with Crippen molar-refractivity contribution in [2.24, 2.45) is 0 Å². The molecule has 0 aliphatic carbocycles. The fourth-order valence-corrected chi connectivity index (χ4v) is 4.10. The molecule has 0 atom stereocenters. The molecule has 0 radical (unpaired) electrons. The lowest BCUT2D eigenvalue weighted by molar-refractivity contribution is 0.106. The Morgan fingerprint density at radius 3 is 1.40 bits per heavy atom. The van der Waals surface area contributed by atoms with Crippen molar-refractivity contribution in [1.29, 1.82) is 0 Å². The van der Waals surface area contributed by atoms with E-state index in [2.05, 4.69) is 41.5 Å². The highest BCUT2D eigenvalue weighted by atomic mass is 28.3. The van der Waals surface area contributed by atoms with Crippen LogP contribution >= 0.6 is 0 Å². The average Bonchev–Trinajstić information content (AvgIpc) is 2.17. The zero-order valence-corrected chi connectivity index (χ0v) is 14.2. The molecule has 4 heteroatoms. The Kier molecular flexibility index (Phi) is 6.99. The standard InChI is InChI=1S/C11H28O2Si2/c1-7-10(3,4)12-14-9-15-13-11(5,6)8-2/h7-9,14-15H2,1-6H3. The molecule has 0 rings (SSSR count). The zero-order valence-electron chi connectivity index (χ0n) is 11.4. The molecule has 0 heterocycles. The van der Waals surface area contributed by atoms with E-state index < -0.39 is 0 Å². The first kappa shape index (κ1) is 15.4. The van der Waals surface area contributed by atoms with E-state index >= 15 is 0 Å². The maximum atomic E-state index is 5.92. The first-order chi connectivity index (χ1) is 6.83. The minimum absolute atomic E-state index is 0.0981. The summed E-state index contributed by atoms with van der Waals surface area (Å²) in [5.41, 5.74) is 1.45. The molecule has 0 aromatic carbocycles. The van der Waals surface area contributed by atoms with Gasteiger partial charge in [0, 0.05) is 11.2 Å². The van der Waals surface area contributed by atoms with Gasteiger partial charge in [0.1, 0.15) is 0 Å². The molecule has 0 aromatic rings. The summed E-state index contributed by atoms with van der Waals surface area (Å²) in [5, 5.41) is 0. The lowest BCUT2D eigenvalue weighted by Crippen LogP contribution is -2.28. The van der Waals surface area contributed by atoms with Crippen LogP contribution in [0.3, 0.4) is 0 Å². The van der Waals surface area contributed by atoms with Crippen LogP contribution in [0.25, 0.3) is 0 Å². The zero-order chi connectivity index (χ0) is 11.9. The molecular weight excluding hydrogens is 220 g/mol. The van der Waals surface area contributed by atoms with E-state index in [1.807, 2.05) is 0 Å². The topological polar surface area (TPSA) is 18.5 Å². The molecule has 0 bridgehead atoms. The summed E-state index contributed by atoms with van der Waals surface area (Å²) >= 11 is 0. The summed E-state index contributed by atoms with van der Waals surface area (Å²) in [5.74, 6) is 0. The van der Waals surface area contributed by atoms with Crippen molar-refractivity contribution in [3.63, 3.8) is 0 Å². The summed E-state index contributed by atoms with van der Waals surface area (Å²) in [6.07, 6.45) is 2.20. The number of hydrogen-bond acceptors (Lipinski definition) is 2. The number of rotatable bonds is 8. The van der Waals surface area contributed by atoms with Crippen LogP contribution < -0.4 is 0 Å². The molecule has 0 saturated heterocycles. The van der Waals surface area contributed by atoms with Crippen LogP contribution in [0, 0.1) is 0 Å². The van der Waals surface area contributed by atoms with Gasteiger partial charge in [-0.2, -0.15) is 0 Å². The summed E-state index contributed by atoms with van der Waals surface area (Å²) in [7, 11) is -0.687. The third kappa shape index (κ3) is 8.19. The smallest absolute Gasteiger partial charge is 0.161 e. The molecule has 0 saturated carbocycles. The van der Waals surface area contributed by atoms with E-state index in [1.54, 1.807) is 0 Å². The quantitative estimate of drug-likeness (QED) is 0.483. The third-order valence-electron chi connectivity index (χ3n) is 2.98. The van der Waals surface area contributed by atoms with Gasteiger partial charge in [-0.1, -0.05) is 13.8 Å². The van der Waals surface area contributed by atoms with Gasteiger partial charge in [0.05, 0.1) is 0 Å². The molecule has 0 N–H and O–H groups in total. The van der Waals surface area contributed by atoms with E-state index in [0.29, 0.717) is 0 Å². The molecule has 0 unspecified atom stereocenters. The largest absolute Gasteiger partial charge is 0.419 e. The normalized spacial score (nSPS) is 14.8. The highest BCUT2D eigenvalue weighted by molar-refractivity contribution is 6.48. The van der Waals surface area contributed by atoms with Crippen LogP contribution in [0.4, 0.5) is 0 Å². The van der Waals surface area contributed by atoms with Gasteiger partial charge in [0.2, 0.25) is 0 Å². The van der Waals surface area contributed by atoms with Crippen LogP contribution in [0.15, 0.2) is 0 Å². The van der Waals surface area contributed by atoms with Crippen LogP contribution in [-0.4, -0.2) is 30.7 Å². The van der Waals surface area contributed by atoms with Gasteiger partial charge in [-0.25, -0.2) is 0 Å². The second-order valence-corrected chi connectivity index (χ2v) is 9.50. The van der Waals surface area contributed by atoms with Gasteiger partial charge >= 0.3 is 0 Å². The molecule has 0 amide bonds. The Balaban J connectivity index is 3.48. The van der Waals surface area contributed by atoms with Crippen molar-refractivity contribution in [3.05, 3.63) is 0 Å².